The summed E-state index contributed by atoms with van der Waals surface area (Å²) >= 11 is 9.45. The van der Waals surface area contributed by atoms with Gasteiger partial charge in [-0.15, -0.1) is 0 Å². The van der Waals surface area contributed by atoms with Crippen molar-refractivity contribution >= 4 is 45.0 Å². The first-order chi connectivity index (χ1) is 13.9. The number of aliphatic hydroxyl groups is 1. The average molecular weight is 484 g/mol. The third-order valence-electron chi connectivity index (χ3n) is 4.23. The number of rotatable bonds is 5. The number of aliphatic hydroxyl groups excluding tert-OH is 1. The quantitative estimate of drug-likeness (QED) is 0.648. The Balaban J connectivity index is 1.86. The van der Waals surface area contributed by atoms with Gasteiger partial charge in [0.2, 0.25) is 0 Å². The van der Waals surface area contributed by atoms with Crippen LogP contribution in [0.1, 0.15) is 18.0 Å². The number of amides is 2. The molecule has 1 heterocycles. The molecule has 0 radical (unpaired) electrons. The van der Waals surface area contributed by atoms with Crippen molar-refractivity contribution in [3.05, 3.63) is 69.6 Å². The summed E-state index contributed by atoms with van der Waals surface area (Å²) in [5, 5.41) is 12.0. The lowest BCUT2D eigenvalue weighted by molar-refractivity contribution is -0.116. The number of anilines is 1. The zero-order chi connectivity index (χ0) is 21.0. The van der Waals surface area contributed by atoms with Crippen molar-refractivity contribution in [3.8, 4) is 5.75 Å². The van der Waals surface area contributed by atoms with E-state index in [0.29, 0.717) is 26.5 Å². The lowest BCUT2D eigenvalue weighted by atomic mass is 9.97. The maximum absolute atomic E-state index is 13.7. The molecule has 0 unspecified atom stereocenters. The standard InChI is InChI=1S/C20H17BrClFN2O4/c21-15-10-16(22)19(29-7-6-26)11-17(15)24-20(28)25-5-4-14(27)9-18(25)12-2-1-3-13(23)8-12/h1-5,8,10-11,18,26H,6-7,9H2,(H,24,28)/t18-/m0/s1. The highest BCUT2D eigenvalue weighted by atomic mass is 79.9. The Morgan fingerprint density at radius 3 is 2.90 bits per heavy atom. The number of hydrogen-bond acceptors (Lipinski definition) is 4. The summed E-state index contributed by atoms with van der Waals surface area (Å²) in [6.07, 6.45) is 2.73. The molecule has 0 aliphatic carbocycles. The maximum Gasteiger partial charge on any atom is 0.326 e. The second kappa shape index (κ2) is 9.39. The molecule has 1 aliphatic heterocycles. The van der Waals surface area contributed by atoms with Crippen LogP contribution in [0.15, 0.2) is 53.1 Å². The lowest BCUT2D eigenvalue weighted by Crippen LogP contribution is -2.37. The van der Waals surface area contributed by atoms with Gasteiger partial charge in [0.25, 0.3) is 0 Å². The van der Waals surface area contributed by atoms with Crippen LogP contribution in [0.5, 0.6) is 5.75 Å². The van der Waals surface area contributed by atoms with Crippen LogP contribution in [0.25, 0.3) is 0 Å². The highest BCUT2D eigenvalue weighted by Crippen LogP contribution is 2.36. The predicted octanol–water partition coefficient (Wildman–Crippen LogP) is 4.67. The van der Waals surface area contributed by atoms with Crippen LogP contribution in [0.2, 0.25) is 5.02 Å². The number of nitrogens with zero attached hydrogens (tertiary/aromatic N) is 1. The minimum absolute atomic E-state index is 0.0417. The van der Waals surface area contributed by atoms with E-state index in [0.717, 1.165) is 0 Å². The molecule has 3 rings (SSSR count). The number of hydrogen-bond donors (Lipinski definition) is 2. The van der Waals surface area contributed by atoms with Crippen LogP contribution in [-0.4, -0.2) is 35.0 Å². The van der Waals surface area contributed by atoms with E-state index in [1.807, 2.05) is 0 Å². The molecule has 0 saturated heterocycles. The molecule has 0 aromatic heterocycles. The Hall–Kier alpha value is -2.42. The normalized spacial score (nSPS) is 16.1. The average Bonchev–Trinajstić information content (AvgIpc) is 2.69. The Bertz CT molecular complexity index is 969. The molecule has 2 N–H and O–H groups in total. The Morgan fingerprint density at radius 2 is 2.17 bits per heavy atom. The number of benzene rings is 2. The van der Waals surface area contributed by atoms with Crippen molar-refractivity contribution in [2.45, 2.75) is 12.5 Å². The Morgan fingerprint density at radius 1 is 1.38 bits per heavy atom. The van der Waals surface area contributed by atoms with Crippen molar-refractivity contribution in [3.63, 3.8) is 0 Å². The first-order valence-corrected chi connectivity index (χ1v) is 9.84. The Labute approximate surface area is 180 Å². The topological polar surface area (TPSA) is 78.9 Å². The van der Waals surface area contributed by atoms with Crippen LogP contribution in [0.4, 0.5) is 14.9 Å². The van der Waals surface area contributed by atoms with E-state index < -0.39 is 17.9 Å². The number of urea groups is 1. The van der Waals surface area contributed by atoms with Crippen LogP contribution in [-0.2, 0) is 4.79 Å². The number of ether oxygens (including phenoxy) is 1. The van der Waals surface area contributed by atoms with Gasteiger partial charge in [0, 0.05) is 23.2 Å². The highest BCUT2D eigenvalue weighted by Gasteiger charge is 2.29. The van der Waals surface area contributed by atoms with Gasteiger partial charge in [0.05, 0.1) is 23.4 Å². The number of halogens is 3. The second-order valence-electron chi connectivity index (χ2n) is 6.23. The van der Waals surface area contributed by atoms with Crippen molar-refractivity contribution in [1.82, 2.24) is 4.90 Å². The van der Waals surface area contributed by atoms with E-state index in [1.165, 1.54) is 41.4 Å². The number of carbonyl (C=O) groups is 2. The summed E-state index contributed by atoms with van der Waals surface area (Å²) < 4.78 is 19.5. The first-order valence-electron chi connectivity index (χ1n) is 8.67. The van der Waals surface area contributed by atoms with Gasteiger partial charge in [-0.1, -0.05) is 23.7 Å². The summed E-state index contributed by atoms with van der Waals surface area (Å²) in [5.41, 5.74) is 0.899. The van der Waals surface area contributed by atoms with Gasteiger partial charge in [-0.25, -0.2) is 9.18 Å². The van der Waals surface area contributed by atoms with Crippen molar-refractivity contribution in [2.24, 2.45) is 0 Å². The lowest BCUT2D eigenvalue weighted by Gasteiger charge is -2.31. The van der Waals surface area contributed by atoms with Gasteiger partial charge in [-0.05, 0) is 45.8 Å². The third kappa shape index (κ3) is 5.14. The summed E-state index contributed by atoms with van der Waals surface area (Å²) in [6.45, 7) is -0.136. The van der Waals surface area contributed by atoms with Crippen LogP contribution in [0, 0.1) is 5.82 Å². The van der Waals surface area contributed by atoms with E-state index in [-0.39, 0.29) is 25.4 Å². The summed E-state index contributed by atoms with van der Waals surface area (Å²) in [6, 6.07) is 7.73. The van der Waals surface area contributed by atoms with Gasteiger partial charge >= 0.3 is 6.03 Å². The van der Waals surface area contributed by atoms with Gasteiger partial charge in [-0.2, -0.15) is 0 Å². The molecule has 152 valence electrons. The number of allylic oxidation sites excluding steroid dienone is 1. The fraction of sp³-hybridized carbons (Fsp3) is 0.200. The van der Waals surface area contributed by atoms with Crippen LogP contribution >= 0.6 is 27.5 Å². The van der Waals surface area contributed by atoms with Gasteiger partial charge < -0.3 is 15.2 Å². The van der Waals surface area contributed by atoms with E-state index in [9.17, 15) is 14.0 Å². The molecule has 0 bridgehead atoms. The molecule has 1 atom stereocenters. The van der Waals surface area contributed by atoms with Crippen LogP contribution in [0.3, 0.4) is 0 Å². The third-order valence-corrected chi connectivity index (χ3v) is 5.18. The number of nitrogens with one attached hydrogen (secondary N) is 1. The molecule has 6 nitrogen and oxygen atoms in total. The van der Waals surface area contributed by atoms with Crippen LogP contribution < -0.4 is 10.1 Å². The van der Waals surface area contributed by atoms with Crippen molar-refractivity contribution < 1.29 is 23.8 Å². The monoisotopic (exact) mass is 482 g/mol. The molecule has 1 aliphatic rings. The van der Waals surface area contributed by atoms with E-state index in [1.54, 1.807) is 12.1 Å². The minimum atomic E-state index is -0.639. The molecular weight excluding hydrogens is 467 g/mol. The van der Waals surface area contributed by atoms with Gasteiger partial charge in [0.15, 0.2) is 5.78 Å². The summed E-state index contributed by atoms with van der Waals surface area (Å²) in [5.74, 6) is -0.308. The van der Waals surface area contributed by atoms with E-state index >= 15 is 0 Å². The van der Waals surface area contributed by atoms with E-state index in [4.69, 9.17) is 21.4 Å². The molecule has 0 spiro atoms. The minimum Gasteiger partial charge on any atom is -0.490 e. The smallest absolute Gasteiger partial charge is 0.326 e. The summed E-state index contributed by atoms with van der Waals surface area (Å²) in [4.78, 5) is 26.2. The molecule has 0 saturated carbocycles. The molecular formula is C20H17BrClFN2O4. The fourth-order valence-electron chi connectivity index (χ4n) is 2.90. The molecule has 29 heavy (non-hydrogen) atoms. The molecule has 2 aromatic carbocycles. The van der Waals surface area contributed by atoms with Gasteiger partial charge in [0.1, 0.15) is 18.2 Å². The maximum atomic E-state index is 13.7. The molecule has 0 fully saturated rings. The number of carbonyl (C=O) groups excluding carboxylic acids is 2. The number of ketones is 1. The Kier molecular flexibility index (Phi) is 6.89. The largest absolute Gasteiger partial charge is 0.490 e. The zero-order valence-corrected chi connectivity index (χ0v) is 17.4. The predicted molar refractivity (Wildman–Crippen MR) is 110 cm³/mol. The van der Waals surface area contributed by atoms with Crippen molar-refractivity contribution in [2.75, 3.05) is 18.5 Å². The second-order valence-corrected chi connectivity index (χ2v) is 7.49. The molecule has 2 aromatic rings. The summed E-state index contributed by atoms with van der Waals surface area (Å²) in [7, 11) is 0. The SMILES string of the molecule is O=C1C=CN(C(=O)Nc2cc(OCCO)c(Cl)cc2Br)[C@H](c2cccc(F)c2)C1. The van der Waals surface area contributed by atoms with E-state index in [2.05, 4.69) is 21.2 Å². The van der Waals surface area contributed by atoms with Crippen molar-refractivity contribution in [1.29, 1.82) is 0 Å². The van der Waals surface area contributed by atoms with Gasteiger partial charge in [-0.3, -0.25) is 9.69 Å². The molecule has 2 amide bonds. The zero-order valence-electron chi connectivity index (χ0n) is 15.1. The first kappa shape index (κ1) is 21.3. The highest BCUT2D eigenvalue weighted by molar-refractivity contribution is 9.10. The fourth-order valence-corrected chi connectivity index (χ4v) is 3.69. The molecule has 9 heteroatoms.